The molecule has 2 heterocycles. The van der Waals surface area contributed by atoms with Crippen LogP contribution >= 0.6 is 12.8 Å². The minimum Gasteiger partial charge on any atom is -0.347 e. The van der Waals surface area contributed by atoms with Crippen LogP contribution in [0.15, 0.2) is 0 Å². The fourth-order valence-corrected chi connectivity index (χ4v) is 1.82. The van der Waals surface area contributed by atoms with Crippen LogP contribution < -0.4 is 0 Å². The Morgan fingerprint density at radius 3 is 2.18 bits per heavy atom. The van der Waals surface area contributed by atoms with Crippen LogP contribution in [0.1, 0.15) is 12.8 Å². The molecule has 0 bridgehead atoms. The number of hydrogen-bond acceptors (Lipinski definition) is 4. The monoisotopic (exact) mass is 175 g/mol. The average molecular weight is 175 g/mol. The van der Waals surface area contributed by atoms with E-state index in [4.69, 9.17) is 9.47 Å². The topological polar surface area (TPSA) is 21.7 Å². The van der Waals surface area contributed by atoms with E-state index in [0.29, 0.717) is 0 Å². The van der Waals surface area contributed by atoms with Gasteiger partial charge in [-0.05, 0) is 0 Å². The molecule has 0 aromatic heterocycles. The second-order valence-electron chi connectivity index (χ2n) is 3.06. The second kappa shape index (κ2) is 2.94. The fraction of sp³-hybridized carbons (Fsp3) is 1.00. The summed E-state index contributed by atoms with van der Waals surface area (Å²) in [5, 5.41) is 0. The van der Waals surface area contributed by atoms with E-state index in [2.05, 4.69) is 12.8 Å². The highest BCUT2D eigenvalue weighted by atomic mass is 32.1. The first-order valence-corrected chi connectivity index (χ1v) is 4.43. The van der Waals surface area contributed by atoms with Gasteiger partial charge in [-0.3, -0.25) is 4.31 Å². The number of rotatable bonds is 0. The lowest BCUT2D eigenvalue weighted by molar-refractivity contribution is -0.178. The van der Waals surface area contributed by atoms with Gasteiger partial charge in [-0.15, -0.1) is 0 Å². The molecule has 0 radical (unpaired) electrons. The van der Waals surface area contributed by atoms with Gasteiger partial charge in [-0.2, -0.15) is 0 Å². The highest BCUT2D eigenvalue weighted by molar-refractivity contribution is 7.77. The van der Waals surface area contributed by atoms with Crippen LogP contribution in [-0.4, -0.2) is 36.4 Å². The Hall–Kier alpha value is 0.230. The molecule has 4 heteroatoms. The van der Waals surface area contributed by atoms with Crippen molar-refractivity contribution in [3.8, 4) is 0 Å². The molecule has 0 atom stereocenters. The molecular formula is C7H13NO2S. The summed E-state index contributed by atoms with van der Waals surface area (Å²) in [5.74, 6) is -0.237. The van der Waals surface area contributed by atoms with E-state index in [-0.39, 0.29) is 5.79 Å². The summed E-state index contributed by atoms with van der Waals surface area (Å²) in [7, 11) is 0. The summed E-state index contributed by atoms with van der Waals surface area (Å²) in [6, 6.07) is 0. The molecule has 0 amide bonds. The molecule has 1 spiro atoms. The van der Waals surface area contributed by atoms with E-state index in [1.165, 1.54) is 0 Å². The van der Waals surface area contributed by atoms with Crippen molar-refractivity contribution in [3.63, 3.8) is 0 Å². The highest BCUT2D eigenvalue weighted by Crippen LogP contribution is 2.31. The standard InChI is InChI=1S/C7H13NO2S/c11-8-3-1-7(2-4-8)9-5-6-10-7/h11H,1-6H2. The molecule has 2 aliphatic rings. The Balaban J connectivity index is 1.94. The van der Waals surface area contributed by atoms with Crippen LogP contribution in [-0.2, 0) is 9.47 Å². The molecule has 2 rings (SSSR count). The minimum atomic E-state index is -0.237. The SMILES string of the molecule is SN1CCC2(CC1)OCCO2. The number of nitrogens with zero attached hydrogens (tertiary/aromatic N) is 1. The first-order valence-electron chi connectivity index (χ1n) is 4.03. The number of hydrogen-bond donors (Lipinski definition) is 1. The van der Waals surface area contributed by atoms with Crippen molar-refractivity contribution in [2.24, 2.45) is 0 Å². The van der Waals surface area contributed by atoms with Gasteiger partial charge in [0.1, 0.15) is 0 Å². The van der Waals surface area contributed by atoms with Crippen LogP contribution in [0.2, 0.25) is 0 Å². The van der Waals surface area contributed by atoms with Crippen LogP contribution in [0, 0.1) is 0 Å². The Morgan fingerprint density at radius 2 is 1.64 bits per heavy atom. The van der Waals surface area contributed by atoms with Gasteiger partial charge in [0.05, 0.1) is 13.2 Å². The Morgan fingerprint density at radius 1 is 1.09 bits per heavy atom. The average Bonchev–Trinajstić information content (AvgIpc) is 2.45. The third-order valence-corrected chi connectivity index (χ3v) is 2.72. The van der Waals surface area contributed by atoms with Crippen molar-refractivity contribution in [2.45, 2.75) is 18.6 Å². The van der Waals surface area contributed by atoms with Crippen molar-refractivity contribution in [3.05, 3.63) is 0 Å². The third-order valence-electron chi connectivity index (χ3n) is 2.32. The maximum absolute atomic E-state index is 5.55. The molecule has 3 nitrogen and oxygen atoms in total. The van der Waals surface area contributed by atoms with Crippen molar-refractivity contribution >= 4 is 12.8 Å². The van der Waals surface area contributed by atoms with Crippen LogP contribution in [0.25, 0.3) is 0 Å². The first kappa shape index (κ1) is 7.86. The van der Waals surface area contributed by atoms with Gasteiger partial charge in [-0.25, -0.2) is 0 Å². The fourth-order valence-electron chi connectivity index (χ4n) is 1.62. The van der Waals surface area contributed by atoms with Crippen LogP contribution in [0.3, 0.4) is 0 Å². The van der Waals surface area contributed by atoms with Crippen LogP contribution in [0.4, 0.5) is 0 Å². The lowest BCUT2D eigenvalue weighted by atomic mass is 10.1. The minimum absolute atomic E-state index is 0.237. The zero-order chi connectivity index (χ0) is 7.73. The van der Waals surface area contributed by atoms with E-state index < -0.39 is 0 Å². The van der Waals surface area contributed by atoms with Gasteiger partial charge < -0.3 is 9.47 Å². The summed E-state index contributed by atoms with van der Waals surface area (Å²) in [6.45, 7) is 3.44. The number of piperidine rings is 1. The Kier molecular flexibility index (Phi) is 2.10. The van der Waals surface area contributed by atoms with Gasteiger partial charge in [-0.1, -0.05) is 12.8 Å². The summed E-state index contributed by atoms with van der Waals surface area (Å²) >= 11 is 4.26. The largest absolute Gasteiger partial charge is 0.347 e. The molecule has 0 aromatic carbocycles. The van der Waals surface area contributed by atoms with Gasteiger partial charge in [0, 0.05) is 25.9 Å². The van der Waals surface area contributed by atoms with Gasteiger partial charge in [0.2, 0.25) is 0 Å². The molecule has 0 unspecified atom stereocenters. The maximum atomic E-state index is 5.55. The molecule has 0 saturated carbocycles. The molecule has 11 heavy (non-hydrogen) atoms. The molecule has 64 valence electrons. The second-order valence-corrected chi connectivity index (χ2v) is 3.63. The Labute approximate surface area is 72.2 Å². The van der Waals surface area contributed by atoms with Gasteiger partial charge in [0.25, 0.3) is 0 Å². The third kappa shape index (κ3) is 1.54. The molecule has 2 aliphatic heterocycles. The number of thiol groups is 1. The molecule has 0 aromatic rings. The lowest BCUT2D eigenvalue weighted by Gasteiger charge is -2.34. The van der Waals surface area contributed by atoms with E-state index in [9.17, 15) is 0 Å². The van der Waals surface area contributed by atoms with Crippen molar-refractivity contribution in [2.75, 3.05) is 26.3 Å². The van der Waals surface area contributed by atoms with E-state index in [0.717, 1.165) is 39.1 Å². The van der Waals surface area contributed by atoms with Gasteiger partial charge >= 0.3 is 0 Å². The van der Waals surface area contributed by atoms with E-state index in [1.54, 1.807) is 0 Å². The van der Waals surface area contributed by atoms with E-state index in [1.807, 2.05) is 4.31 Å². The predicted octanol–water partition coefficient (Wildman–Crippen LogP) is 0.670. The van der Waals surface area contributed by atoms with Crippen molar-refractivity contribution in [1.82, 2.24) is 4.31 Å². The molecule has 2 saturated heterocycles. The van der Waals surface area contributed by atoms with Crippen LogP contribution in [0.5, 0.6) is 0 Å². The highest BCUT2D eigenvalue weighted by Gasteiger charge is 2.39. The normalized spacial score (nSPS) is 31.4. The molecule has 2 fully saturated rings. The first-order chi connectivity index (χ1) is 5.31. The molecular weight excluding hydrogens is 162 g/mol. The summed E-state index contributed by atoms with van der Waals surface area (Å²) in [4.78, 5) is 0. The smallest absolute Gasteiger partial charge is 0.171 e. The number of ether oxygens (including phenoxy) is 2. The molecule has 0 aliphatic carbocycles. The van der Waals surface area contributed by atoms with Gasteiger partial charge in [0.15, 0.2) is 5.79 Å². The quantitative estimate of drug-likeness (QED) is 0.547. The lowest BCUT2D eigenvalue weighted by Crippen LogP contribution is -2.41. The Bertz CT molecular complexity index is 137. The molecule has 0 N–H and O–H groups in total. The maximum Gasteiger partial charge on any atom is 0.171 e. The summed E-state index contributed by atoms with van der Waals surface area (Å²) < 4.78 is 13.1. The van der Waals surface area contributed by atoms with Crippen molar-refractivity contribution in [1.29, 1.82) is 0 Å². The van der Waals surface area contributed by atoms with Crippen molar-refractivity contribution < 1.29 is 9.47 Å². The zero-order valence-electron chi connectivity index (χ0n) is 6.45. The van der Waals surface area contributed by atoms with E-state index >= 15 is 0 Å². The zero-order valence-corrected chi connectivity index (χ0v) is 7.35. The summed E-state index contributed by atoms with van der Waals surface area (Å²) in [5.41, 5.74) is 0. The summed E-state index contributed by atoms with van der Waals surface area (Å²) in [6.07, 6.45) is 1.91. The predicted molar refractivity (Wildman–Crippen MR) is 44.4 cm³/mol.